The van der Waals surface area contributed by atoms with Crippen LogP contribution in [0.5, 0.6) is 5.75 Å². The summed E-state index contributed by atoms with van der Waals surface area (Å²) >= 11 is 0. The van der Waals surface area contributed by atoms with E-state index in [-0.39, 0.29) is 5.41 Å². The quantitative estimate of drug-likeness (QED) is 0.748. The Morgan fingerprint density at radius 2 is 1.68 bits per heavy atom. The fraction of sp³-hybridized carbons (Fsp3) is 0.667. The average Bonchev–Trinajstić information content (AvgIpc) is 2.24. The maximum Gasteiger partial charge on any atom is 0.118 e. The standard InChI is InChI=1S/C18H30O/c1-7-8-9-14-12-15(10-11-16(14)19)18(5,6)13-17(2,3)4/h10-12,19H,7-9,13H2,1-6H3. The van der Waals surface area contributed by atoms with Crippen molar-refractivity contribution >= 4 is 0 Å². The molecule has 1 aromatic rings. The number of hydrogen-bond acceptors (Lipinski definition) is 1. The van der Waals surface area contributed by atoms with Gasteiger partial charge < -0.3 is 5.11 Å². The zero-order chi connectivity index (χ0) is 14.7. The Balaban J connectivity index is 3.00. The van der Waals surface area contributed by atoms with Crippen LogP contribution in [0, 0.1) is 5.41 Å². The van der Waals surface area contributed by atoms with Crippen molar-refractivity contribution in [3.63, 3.8) is 0 Å². The third-order valence-electron chi connectivity index (χ3n) is 3.63. The molecule has 0 aromatic heterocycles. The Bertz CT molecular complexity index is 410. The van der Waals surface area contributed by atoms with Crippen LogP contribution in [0.1, 0.15) is 71.9 Å². The lowest BCUT2D eigenvalue weighted by atomic mass is 9.72. The van der Waals surface area contributed by atoms with Crippen molar-refractivity contribution in [2.24, 2.45) is 5.41 Å². The first-order valence-corrected chi connectivity index (χ1v) is 7.48. The second-order valence-corrected chi connectivity index (χ2v) is 7.57. The van der Waals surface area contributed by atoms with Crippen LogP contribution >= 0.6 is 0 Å². The van der Waals surface area contributed by atoms with Gasteiger partial charge in [-0.2, -0.15) is 0 Å². The van der Waals surface area contributed by atoms with Gasteiger partial charge in [-0.05, 0) is 47.3 Å². The molecule has 1 aromatic carbocycles. The van der Waals surface area contributed by atoms with Gasteiger partial charge in [-0.1, -0.05) is 60.1 Å². The summed E-state index contributed by atoms with van der Waals surface area (Å²) in [6, 6.07) is 6.15. The van der Waals surface area contributed by atoms with Crippen LogP contribution in [-0.2, 0) is 11.8 Å². The molecular formula is C18H30O. The molecule has 0 aliphatic carbocycles. The minimum absolute atomic E-state index is 0.146. The van der Waals surface area contributed by atoms with Gasteiger partial charge in [0, 0.05) is 0 Å². The number of phenolic OH excluding ortho intramolecular Hbond substituents is 1. The van der Waals surface area contributed by atoms with E-state index in [4.69, 9.17) is 0 Å². The van der Waals surface area contributed by atoms with E-state index >= 15 is 0 Å². The van der Waals surface area contributed by atoms with Crippen LogP contribution in [0.4, 0.5) is 0 Å². The minimum atomic E-state index is 0.146. The Morgan fingerprint density at radius 1 is 1.05 bits per heavy atom. The highest BCUT2D eigenvalue weighted by molar-refractivity contribution is 5.39. The van der Waals surface area contributed by atoms with E-state index in [2.05, 4.69) is 53.7 Å². The Morgan fingerprint density at radius 3 is 2.21 bits per heavy atom. The monoisotopic (exact) mass is 262 g/mol. The van der Waals surface area contributed by atoms with Crippen LogP contribution in [0.2, 0.25) is 0 Å². The average molecular weight is 262 g/mol. The molecule has 0 aliphatic rings. The van der Waals surface area contributed by atoms with Gasteiger partial charge in [0.15, 0.2) is 0 Å². The molecule has 0 saturated heterocycles. The maximum atomic E-state index is 9.96. The first-order valence-electron chi connectivity index (χ1n) is 7.48. The lowest BCUT2D eigenvalue weighted by molar-refractivity contribution is 0.284. The van der Waals surface area contributed by atoms with Crippen molar-refractivity contribution in [3.8, 4) is 5.75 Å². The molecule has 0 heterocycles. The van der Waals surface area contributed by atoms with Crippen molar-refractivity contribution in [1.29, 1.82) is 0 Å². The maximum absolute atomic E-state index is 9.96. The van der Waals surface area contributed by atoms with Gasteiger partial charge >= 0.3 is 0 Å². The first-order chi connectivity index (χ1) is 8.65. The predicted molar refractivity (Wildman–Crippen MR) is 83.8 cm³/mol. The van der Waals surface area contributed by atoms with Gasteiger partial charge in [0.25, 0.3) is 0 Å². The Kier molecular flexibility index (Phi) is 5.06. The molecule has 0 saturated carbocycles. The number of phenols is 1. The van der Waals surface area contributed by atoms with Crippen LogP contribution in [0.25, 0.3) is 0 Å². The van der Waals surface area contributed by atoms with E-state index in [0.717, 1.165) is 31.2 Å². The van der Waals surface area contributed by atoms with Crippen molar-refractivity contribution in [2.45, 2.75) is 72.6 Å². The SMILES string of the molecule is CCCCc1cc(C(C)(C)CC(C)(C)C)ccc1O. The van der Waals surface area contributed by atoms with Gasteiger partial charge in [-0.15, -0.1) is 0 Å². The van der Waals surface area contributed by atoms with Crippen molar-refractivity contribution in [3.05, 3.63) is 29.3 Å². The topological polar surface area (TPSA) is 20.2 Å². The van der Waals surface area contributed by atoms with Gasteiger partial charge in [0.05, 0.1) is 0 Å². The number of benzene rings is 1. The third-order valence-corrected chi connectivity index (χ3v) is 3.63. The number of unbranched alkanes of at least 4 members (excludes halogenated alkanes) is 1. The van der Waals surface area contributed by atoms with Crippen molar-refractivity contribution in [1.82, 2.24) is 0 Å². The molecule has 1 N–H and O–H groups in total. The summed E-state index contributed by atoms with van der Waals surface area (Å²) in [5.41, 5.74) is 2.89. The molecule has 0 fully saturated rings. The fourth-order valence-corrected chi connectivity index (χ4v) is 3.00. The highest BCUT2D eigenvalue weighted by atomic mass is 16.3. The van der Waals surface area contributed by atoms with Gasteiger partial charge in [0.1, 0.15) is 5.75 Å². The summed E-state index contributed by atoms with van der Waals surface area (Å²) in [6.45, 7) is 13.6. The number of hydrogen-bond donors (Lipinski definition) is 1. The molecule has 0 atom stereocenters. The van der Waals surface area contributed by atoms with Gasteiger partial charge in [-0.25, -0.2) is 0 Å². The first kappa shape index (κ1) is 16.1. The van der Waals surface area contributed by atoms with Gasteiger partial charge in [0.2, 0.25) is 0 Å². The van der Waals surface area contributed by atoms with E-state index in [1.807, 2.05) is 6.07 Å². The minimum Gasteiger partial charge on any atom is -0.508 e. The van der Waals surface area contributed by atoms with E-state index < -0.39 is 0 Å². The highest BCUT2D eigenvalue weighted by Crippen LogP contribution is 2.37. The summed E-state index contributed by atoms with van der Waals surface area (Å²) in [4.78, 5) is 0. The summed E-state index contributed by atoms with van der Waals surface area (Å²) in [5.74, 6) is 0.448. The normalized spacial score (nSPS) is 12.7. The largest absolute Gasteiger partial charge is 0.508 e. The third kappa shape index (κ3) is 4.89. The smallest absolute Gasteiger partial charge is 0.118 e. The molecular weight excluding hydrogens is 232 g/mol. The molecule has 108 valence electrons. The molecule has 1 rings (SSSR count). The second kappa shape index (κ2) is 5.98. The molecule has 1 heteroatoms. The summed E-state index contributed by atoms with van der Waals surface area (Å²) in [5, 5.41) is 9.96. The molecule has 0 aliphatic heterocycles. The van der Waals surface area contributed by atoms with E-state index in [1.165, 1.54) is 5.56 Å². The van der Waals surface area contributed by atoms with E-state index in [1.54, 1.807) is 0 Å². The van der Waals surface area contributed by atoms with Crippen LogP contribution in [-0.4, -0.2) is 5.11 Å². The summed E-state index contributed by atoms with van der Waals surface area (Å²) in [6.07, 6.45) is 4.41. The van der Waals surface area contributed by atoms with E-state index in [9.17, 15) is 5.11 Å². The van der Waals surface area contributed by atoms with Crippen LogP contribution in [0.3, 0.4) is 0 Å². The number of rotatable bonds is 5. The van der Waals surface area contributed by atoms with Crippen molar-refractivity contribution < 1.29 is 5.11 Å². The molecule has 0 radical (unpaired) electrons. The molecule has 0 spiro atoms. The van der Waals surface area contributed by atoms with E-state index in [0.29, 0.717) is 11.2 Å². The zero-order valence-corrected chi connectivity index (χ0v) is 13.5. The van der Waals surface area contributed by atoms with Crippen LogP contribution < -0.4 is 0 Å². The Hall–Kier alpha value is -0.980. The molecule has 1 nitrogen and oxygen atoms in total. The number of aryl methyl sites for hydroxylation is 1. The lowest BCUT2D eigenvalue weighted by Gasteiger charge is -2.33. The van der Waals surface area contributed by atoms with Crippen molar-refractivity contribution in [2.75, 3.05) is 0 Å². The predicted octanol–water partition coefficient (Wildman–Crippen LogP) is 5.45. The van der Waals surface area contributed by atoms with Gasteiger partial charge in [-0.3, -0.25) is 0 Å². The summed E-state index contributed by atoms with van der Waals surface area (Å²) < 4.78 is 0. The highest BCUT2D eigenvalue weighted by Gasteiger charge is 2.27. The zero-order valence-electron chi connectivity index (χ0n) is 13.5. The fourth-order valence-electron chi connectivity index (χ4n) is 3.00. The molecule has 0 unspecified atom stereocenters. The number of aromatic hydroxyl groups is 1. The molecule has 0 bridgehead atoms. The second-order valence-electron chi connectivity index (χ2n) is 7.57. The summed E-state index contributed by atoms with van der Waals surface area (Å²) in [7, 11) is 0. The molecule has 19 heavy (non-hydrogen) atoms. The lowest BCUT2D eigenvalue weighted by Crippen LogP contribution is -2.24. The molecule has 0 amide bonds. The van der Waals surface area contributed by atoms with Crippen LogP contribution in [0.15, 0.2) is 18.2 Å². The Labute approximate surface area is 119 Å².